The third kappa shape index (κ3) is 2.21. The highest BCUT2D eigenvalue weighted by Gasteiger charge is 2.25. The molecule has 0 saturated heterocycles. The highest BCUT2D eigenvalue weighted by Crippen LogP contribution is 2.25. The molecule has 0 aromatic carbocycles. The van der Waals surface area contributed by atoms with E-state index in [9.17, 15) is 4.79 Å². The van der Waals surface area contributed by atoms with Gasteiger partial charge in [0.15, 0.2) is 0 Å². The van der Waals surface area contributed by atoms with Crippen LogP contribution in [0.2, 0.25) is 0 Å². The van der Waals surface area contributed by atoms with Crippen LogP contribution >= 0.6 is 11.8 Å². The first-order valence-electron chi connectivity index (χ1n) is 5.53. The zero-order chi connectivity index (χ0) is 11.5. The van der Waals surface area contributed by atoms with Gasteiger partial charge in [0.2, 0.25) is 11.1 Å². The fraction of sp³-hybridized carbons (Fsp3) is 0.700. The van der Waals surface area contributed by atoms with Crippen LogP contribution in [0.4, 0.5) is 5.95 Å². The van der Waals surface area contributed by atoms with E-state index in [1.165, 1.54) is 22.9 Å². The van der Waals surface area contributed by atoms with Crippen LogP contribution < -0.4 is 5.73 Å². The van der Waals surface area contributed by atoms with Gasteiger partial charge >= 0.3 is 0 Å². The van der Waals surface area contributed by atoms with Crippen LogP contribution in [0.1, 0.15) is 36.9 Å². The molecule has 0 spiro atoms. The monoisotopic (exact) mass is 240 g/mol. The molecule has 2 rings (SSSR count). The summed E-state index contributed by atoms with van der Waals surface area (Å²) in [7, 11) is 0. The van der Waals surface area contributed by atoms with E-state index in [1.807, 2.05) is 6.26 Å². The summed E-state index contributed by atoms with van der Waals surface area (Å²) >= 11 is 1.39. The standard InChI is InChI=1S/C10H16N4OS/c1-16-10-12-9(11)14(13-10)8(15)7-5-3-2-4-6-7/h7H,2-6H2,1H3,(H2,11,12,13). The molecule has 88 valence electrons. The number of nitrogens with zero attached hydrogens (tertiary/aromatic N) is 3. The van der Waals surface area contributed by atoms with Crippen molar-refractivity contribution in [1.82, 2.24) is 14.8 Å². The molecule has 0 atom stereocenters. The summed E-state index contributed by atoms with van der Waals surface area (Å²) in [5, 5.41) is 4.65. The summed E-state index contributed by atoms with van der Waals surface area (Å²) in [5.41, 5.74) is 5.68. The van der Waals surface area contributed by atoms with Gasteiger partial charge in [-0.25, -0.2) is 0 Å². The molecular weight excluding hydrogens is 224 g/mol. The Kier molecular flexibility index (Phi) is 3.48. The number of carbonyl (C=O) groups is 1. The number of hydrogen-bond acceptors (Lipinski definition) is 5. The average molecular weight is 240 g/mol. The third-order valence-electron chi connectivity index (χ3n) is 2.96. The molecule has 1 heterocycles. The molecule has 1 fully saturated rings. The van der Waals surface area contributed by atoms with Crippen LogP contribution in [0, 0.1) is 5.92 Å². The zero-order valence-corrected chi connectivity index (χ0v) is 10.2. The molecule has 1 aromatic rings. The minimum atomic E-state index is 0.00463. The second-order valence-corrected chi connectivity index (χ2v) is 4.82. The van der Waals surface area contributed by atoms with Gasteiger partial charge in [-0.2, -0.15) is 9.67 Å². The summed E-state index contributed by atoms with van der Waals surface area (Å²) in [6.45, 7) is 0. The third-order valence-corrected chi connectivity index (χ3v) is 3.50. The van der Waals surface area contributed by atoms with E-state index in [-0.39, 0.29) is 17.8 Å². The second-order valence-electron chi connectivity index (χ2n) is 4.04. The summed E-state index contributed by atoms with van der Waals surface area (Å²) in [6, 6.07) is 0. The van der Waals surface area contributed by atoms with Gasteiger partial charge in [0.1, 0.15) is 0 Å². The van der Waals surface area contributed by atoms with Crippen molar-refractivity contribution in [3.8, 4) is 0 Å². The number of rotatable bonds is 2. The molecule has 1 aliphatic carbocycles. The van der Waals surface area contributed by atoms with Crippen molar-refractivity contribution in [2.75, 3.05) is 12.0 Å². The fourth-order valence-corrected chi connectivity index (χ4v) is 2.42. The van der Waals surface area contributed by atoms with E-state index >= 15 is 0 Å². The Morgan fingerprint density at radius 1 is 1.44 bits per heavy atom. The lowest BCUT2D eigenvalue weighted by Gasteiger charge is -2.19. The number of thioether (sulfide) groups is 1. The van der Waals surface area contributed by atoms with Crippen molar-refractivity contribution in [3.05, 3.63) is 0 Å². The second kappa shape index (κ2) is 4.86. The minimum Gasteiger partial charge on any atom is -0.368 e. The lowest BCUT2D eigenvalue weighted by molar-refractivity contribution is 0.0786. The first kappa shape index (κ1) is 11.4. The maximum absolute atomic E-state index is 12.1. The largest absolute Gasteiger partial charge is 0.368 e. The van der Waals surface area contributed by atoms with Gasteiger partial charge < -0.3 is 5.73 Å². The molecule has 0 amide bonds. The molecule has 0 aliphatic heterocycles. The molecular formula is C10H16N4OS. The van der Waals surface area contributed by atoms with Crippen LogP contribution in [-0.4, -0.2) is 26.9 Å². The fourth-order valence-electron chi connectivity index (χ4n) is 2.08. The summed E-state index contributed by atoms with van der Waals surface area (Å²) in [4.78, 5) is 16.1. The van der Waals surface area contributed by atoms with Gasteiger partial charge in [0, 0.05) is 5.92 Å². The summed E-state index contributed by atoms with van der Waals surface area (Å²) in [6.07, 6.45) is 7.25. The lowest BCUT2D eigenvalue weighted by Crippen LogP contribution is -2.26. The quantitative estimate of drug-likeness (QED) is 0.798. The Morgan fingerprint density at radius 3 is 2.69 bits per heavy atom. The van der Waals surface area contributed by atoms with Crippen molar-refractivity contribution >= 4 is 23.6 Å². The average Bonchev–Trinajstić information content (AvgIpc) is 2.71. The number of carbonyl (C=O) groups excluding carboxylic acids is 1. The number of nitrogens with two attached hydrogens (primary N) is 1. The van der Waals surface area contributed by atoms with E-state index in [2.05, 4.69) is 10.1 Å². The molecule has 2 N–H and O–H groups in total. The molecule has 1 aliphatic rings. The smallest absolute Gasteiger partial charge is 0.253 e. The van der Waals surface area contributed by atoms with Gasteiger partial charge in [-0.1, -0.05) is 31.0 Å². The SMILES string of the molecule is CSc1nc(N)n(C(=O)C2CCCCC2)n1. The van der Waals surface area contributed by atoms with Crippen LogP contribution in [0.15, 0.2) is 5.16 Å². The van der Waals surface area contributed by atoms with Gasteiger partial charge in [-0.05, 0) is 19.1 Å². The maximum Gasteiger partial charge on any atom is 0.253 e. The van der Waals surface area contributed by atoms with Crippen LogP contribution in [0.3, 0.4) is 0 Å². The van der Waals surface area contributed by atoms with E-state index in [4.69, 9.17) is 5.73 Å². The number of aromatic nitrogens is 3. The Balaban J connectivity index is 2.15. The topological polar surface area (TPSA) is 73.8 Å². The normalized spacial score (nSPS) is 17.6. The van der Waals surface area contributed by atoms with Crippen molar-refractivity contribution in [2.24, 2.45) is 5.92 Å². The van der Waals surface area contributed by atoms with Gasteiger partial charge in [-0.3, -0.25) is 4.79 Å². The van der Waals surface area contributed by atoms with Crippen molar-refractivity contribution in [2.45, 2.75) is 37.3 Å². The molecule has 5 nitrogen and oxygen atoms in total. The van der Waals surface area contributed by atoms with Crippen LogP contribution in [0.5, 0.6) is 0 Å². The summed E-state index contributed by atoms with van der Waals surface area (Å²) in [5.74, 6) is 0.289. The van der Waals surface area contributed by atoms with Crippen molar-refractivity contribution < 1.29 is 4.79 Å². The van der Waals surface area contributed by atoms with E-state index in [0.29, 0.717) is 5.16 Å². The van der Waals surface area contributed by atoms with Crippen molar-refractivity contribution in [1.29, 1.82) is 0 Å². The van der Waals surface area contributed by atoms with E-state index in [1.54, 1.807) is 0 Å². The zero-order valence-electron chi connectivity index (χ0n) is 9.35. The number of nitrogen functional groups attached to an aromatic ring is 1. The maximum atomic E-state index is 12.1. The Morgan fingerprint density at radius 2 is 2.12 bits per heavy atom. The molecule has 16 heavy (non-hydrogen) atoms. The molecule has 1 aromatic heterocycles. The molecule has 0 bridgehead atoms. The van der Waals surface area contributed by atoms with Crippen LogP contribution in [0.25, 0.3) is 0 Å². The Hall–Kier alpha value is -1.04. The predicted octanol–water partition coefficient (Wildman–Crippen LogP) is 1.80. The molecule has 6 heteroatoms. The highest BCUT2D eigenvalue weighted by atomic mass is 32.2. The number of hydrogen-bond donors (Lipinski definition) is 1. The van der Waals surface area contributed by atoms with Gasteiger partial charge in [0.05, 0.1) is 0 Å². The van der Waals surface area contributed by atoms with Crippen LogP contribution in [-0.2, 0) is 0 Å². The van der Waals surface area contributed by atoms with E-state index < -0.39 is 0 Å². The van der Waals surface area contributed by atoms with E-state index in [0.717, 1.165) is 25.7 Å². The predicted molar refractivity (Wildman–Crippen MR) is 63.4 cm³/mol. The Bertz CT molecular complexity index is 384. The first-order valence-corrected chi connectivity index (χ1v) is 6.75. The minimum absolute atomic E-state index is 0.00463. The Labute approximate surface area is 98.8 Å². The first-order chi connectivity index (χ1) is 7.72. The van der Waals surface area contributed by atoms with Crippen molar-refractivity contribution in [3.63, 3.8) is 0 Å². The molecule has 0 unspecified atom stereocenters. The lowest BCUT2D eigenvalue weighted by atomic mass is 9.89. The summed E-state index contributed by atoms with van der Waals surface area (Å²) < 4.78 is 1.27. The van der Waals surface area contributed by atoms with Gasteiger partial charge in [-0.15, -0.1) is 5.10 Å². The van der Waals surface area contributed by atoms with Gasteiger partial charge in [0.25, 0.3) is 5.91 Å². The highest BCUT2D eigenvalue weighted by molar-refractivity contribution is 7.98. The number of anilines is 1. The molecule has 1 saturated carbocycles. The molecule has 0 radical (unpaired) electrons.